The van der Waals surface area contributed by atoms with Crippen LogP contribution in [0.15, 0.2) is 16.9 Å². The smallest absolute Gasteiger partial charge is 0.185 e. The number of nitrogens with one attached hydrogen (secondary N) is 2. The van der Waals surface area contributed by atoms with Crippen LogP contribution in [0.1, 0.15) is 6.92 Å². The number of aromatic nitrogens is 1. The summed E-state index contributed by atoms with van der Waals surface area (Å²) in [6, 6.07) is 2.67. The summed E-state index contributed by atoms with van der Waals surface area (Å²) in [5, 5.41) is 12.1. The van der Waals surface area contributed by atoms with Crippen LogP contribution in [0.4, 0.5) is 5.82 Å². The first-order valence-corrected chi connectivity index (χ1v) is 4.27. The average molecular weight is 203 g/mol. The van der Waals surface area contributed by atoms with Crippen LogP contribution < -0.4 is 10.7 Å². The first kappa shape index (κ1) is 10.1. The highest BCUT2D eigenvalue weighted by molar-refractivity contribution is 6.29. The molecule has 1 heterocycles. The number of aliphatic hydroxyl groups excluding tert-OH is 1. The molecule has 0 saturated carbocycles. The largest absolute Gasteiger partial charge is 0.392 e. The molecule has 0 spiro atoms. The van der Waals surface area contributed by atoms with E-state index in [4.69, 9.17) is 16.7 Å². The number of aromatic amines is 1. The van der Waals surface area contributed by atoms with Gasteiger partial charge in [0.2, 0.25) is 0 Å². The van der Waals surface area contributed by atoms with Crippen molar-refractivity contribution >= 4 is 17.4 Å². The molecule has 4 nitrogen and oxygen atoms in total. The number of halogens is 1. The molecule has 3 N–H and O–H groups in total. The fraction of sp³-hybridized carbons (Fsp3) is 0.375. The zero-order chi connectivity index (χ0) is 9.84. The van der Waals surface area contributed by atoms with Crippen LogP contribution >= 0.6 is 11.6 Å². The SMILES string of the molecule is CC(O)CNc1cc(=O)cc(Cl)[nH]1. The molecule has 0 fully saturated rings. The van der Waals surface area contributed by atoms with Crippen LogP contribution in [0.2, 0.25) is 5.15 Å². The Balaban J connectivity index is 2.72. The molecule has 0 aromatic carbocycles. The summed E-state index contributed by atoms with van der Waals surface area (Å²) in [4.78, 5) is 13.7. The molecule has 0 amide bonds. The summed E-state index contributed by atoms with van der Waals surface area (Å²) in [5.74, 6) is 0.512. The van der Waals surface area contributed by atoms with E-state index in [1.807, 2.05) is 0 Å². The Morgan fingerprint density at radius 1 is 1.69 bits per heavy atom. The Labute approximate surface area is 80.6 Å². The Morgan fingerprint density at radius 3 is 2.92 bits per heavy atom. The number of pyridine rings is 1. The van der Waals surface area contributed by atoms with Crippen molar-refractivity contribution in [2.45, 2.75) is 13.0 Å². The van der Waals surface area contributed by atoms with Gasteiger partial charge in [0.25, 0.3) is 0 Å². The van der Waals surface area contributed by atoms with Crippen molar-refractivity contribution in [1.82, 2.24) is 4.98 Å². The van der Waals surface area contributed by atoms with Gasteiger partial charge in [-0.3, -0.25) is 4.79 Å². The maximum atomic E-state index is 10.9. The number of hydrogen-bond donors (Lipinski definition) is 3. The van der Waals surface area contributed by atoms with Crippen molar-refractivity contribution < 1.29 is 5.11 Å². The van der Waals surface area contributed by atoms with Gasteiger partial charge in [-0.05, 0) is 6.92 Å². The van der Waals surface area contributed by atoms with E-state index >= 15 is 0 Å². The zero-order valence-corrected chi connectivity index (χ0v) is 7.93. The monoisotopic (exact) mass is 202 g/mol. The van der Waals surface area contributed by atoms with E-state index in [9.17, 15) is 4.79 Å². The van der Waals surface area contributed by atoms with Crippen molar-refractivity contribution in [2.75, 3.05) is 11.9 Å². The van der Waals surface area contributed by atoms with E-state index in [1.54, 1.807) is 6.92 Å². The van der Waals surface area contributed by atoms with Crippen molar-refractivity contribution in [3.05, 3.63) is 27.5 Å². The van der Waals surface area contributed by atoms with Crippen LogP contribution in [-0.4, -0.2) is 22.7 Å². The molecule has 0 aliphatic heterocycles. The van der Waals surface area contributed by atoms with Gasteiger partial charge in [0.1, 0.15) is 11.0 Å². The molecule has 1 unspecified atom stereocenters. The van der Waals surface area contributed by atoms with Crippen LogP contribution in [0, 0.1) is 0 Å². The predicted molar refractivity (Wildman–Crippen MR) is 52.2 cm³/mol. The van der Waals surface area contributed by atoms with Crippen molar-refractivity contribution in [3.63, 3.8) is 0 Å². The molecule has 1 aromatic rings. The highest BCUT2D eigenvalue weighted by atomic mass is 35.5. The second kappa shape index (κ2) is 4.30. The van der Waals surface area contributed by atoms with Crippen molar-refractivity contribution in [1.29, 1.82) is 0 Å². The molecule has 0 saturated heterocycles. The lowest BCUT2D eigenvalue weighted by Crippen LogP contribution is -2.17. The zero-order valence-electron chi connectivity index (χ0n) is 7.17. The van der Waals surface area contributed by atoms with E-state index in [1.165, 1.54) is 12.1 Å². The van der Waals surface area contributed by atoms with Crippen LogP contribution in [0.25, 0.3) is 0 Å². The summed E-state index contributed by atoms with van der Waals surface area (Å²) in [5.41, 5.74) is -0.170. The van der Waals surface area contributed by atoms with Crippen LogP contribution in [0.3, 0.4) is 0 Å². The molecule has 13 heavy (non-hydrogen) atoms. The molecule has 0 aliphatic rings. The van der Waals surface area contributed by atoms with Gasteiger partial charge in [0.05, 0.1) is 6.10 Å². The quantitative estimate of drug-likeness (QED) is 0.636. The van der Waals surface area contributed by atoms with Gasteiger partial charge in [-0.1, -0.05) is 11.6 Å². The van der Waals surface area contributed by atoms with E-state index < -0.39 is 6.10 Å². The molecule has 1 rings (SSSR count). The molecule has 72 valence electrons. The predicted octanol–water partition coefficient (Wildman–Crippen LogP) is 0.821. The Hall–Kier alpha value is -1.00. The third kappa shape index (κ3) is 3.48. The minimum absolute atomic E-state index is 0.170. The lowest BCUT2D eigenvalue weighted by molar-refractivity contribution is 0.208. The number of hydrogen-bond acceptors (Lipinski definition) is 3. The summed E-state index contributed by atoms with van der Waals surface area (Å²) in [6.45, 7) is 2.02. The summed E-state index contributed by atoms with van der Waals surface area (Å²) in [6.07, 6.45) is -0.470. The molecule has 1 atom stereocenters. The minimum atomic E-state index is -0.470. The van der Waals surface area contributed by atoms with Crippen LogP contribution in [0.5, 0.6) is 0 Å². The van der Waals surface area contributed by atoms with E-state index in [2.05, 4.69) is 10.3 Å². The van der Waals surface area contributed by atoms with Gasteiger partial charge in [-0.25, -0.2) is 0 Å². The Kier molecular flexibility index (Phi) is 3.33. The number of aliphatic hydroxyl groups is 1. The maximum Gasteiger partial charge on any atom is 0.185 e. The van der Waals surface area contributed by atoms with Crippen LogP contribution in [-0.2, 0) is 0 Å². The lowest BCUT2D eigenvalue weighted by atomic mass is 10.4. The van der Waals surface area contributed by atoms with E-state index in [-0.39, 0.29) is 10.6 Å². The molecule has 5 heteroatoms. The highest BCUT2D eigenvalue weighted by Crippen LogP contribution is 2.05. The average Bonchev–Trinajstić information content (AvgIpc) is 1.99. The number of rotatable bonds is 3. The highest BCUT2D eigenvalue weighted by Gasteiger charge is 1.98. The van der Waals surface area contributed by atoms with Gasteiger partial charge in [0, 0.05) is 18.7 Å². The molecular weight excluding hydrogens is 192 g/mol. The summed E-state index contributed by atoms with van der Waals surface area (Å²) in [7, 11) is 0. The normalized spacial score (nSPS) is 12.5. The lowest BCUT2D eigenvalue weighted by Gasteiger charge is -2.07. The number of H-pyrrole nitrogens is 1. The fourth-order valence-electron chi connectivity index (χ4n) is 0.863. The molecule has 0 aliphatic carbocycles. The fourth-order valence-corrected chi connectivity index (χ4v) is 1.07. The first-order chi connectivity index (χ1) is 6.08. The standard InChI is InChI=1S/C8H11ClN2O2/c1-5(12)4-10-8-3-6(13)2-7(9)11-8/h2-3,5,12H,4H2,1H3,(H2,10,11,13). The van der Waals surface area contributed by atoms with Crippen molar-refractivity contribution in [3.8, 4) is 0 Å². The number of anilines is 1. The second-order valence-electron chi connectivity index (χ2n) is 2.81. The molecule has 0 bridgehead atoms. The molecule has 0 radical (unpaired) electrons. The summed E-state index contributed by atoms with van der Waals surface area (Å²) < 4.78 is 0. The third-order valence-corrected chi connectivity index (χ3v) is 1.60. The topological polar surface area (TPSA) is 65.1 Å². The van der Waals surface area contributed by atoms with Gasteiger partial charge in [-0.2, -0.15) is 0 Å². The molecule has 1 aromatic heterocycles. The van der Waals surface area contributed by atoms with E-state index in [0.717, 1.165) is 0 Å². The Bertz CT molecular complexity index is 335. The third-order valence-electron chi connectivity index (χ3n) is 1.40. The van der Waals surface area contributed by atoms with Gasteiger partial charge in [-0.15, -0.1) is 0 Å². The maximum absolute atomic E-state index is 10.9. The van der Waals surface area contributed by atoms with Gasteiger partial charge < -0.3 is 15.4 Å². The second-order valence-corrected chi connectivity index (χ2v) is 3.21. The van der Waals surface area contributed by atoms with Gasteiger partial charge >= 0.3 is 0 Å². The summed E-state index contributed by atoms with van der Waals surface area (Å²) >= 11 is 5.61. The molecular formula is C8H11ClN2O2. The van der Waals surface area contributed by atoms with Gasteiger partial charge in [0.15, 0.2) is 5.43 Å². The first-order valence-electron chi connectivity index (χ1n) is 3.90. The van der Waals surface area contributed by atoms with Crippen molar-refractivity contribution in [2.24, 2.45) is 0 Å². The van der Waals surface area contributed by atoms with E-state index in [0.29, 0.717) is 12.4 Å². The Morgan fingerprint density at radius 2 is 2.38 bits per heavy atom. The minimum Gasteiger partial charge on any atom is -0.392 e.